The minimum absolute atomic E-state index is 0.0295. The Kier molecular flexibility index (Phi) is 5.94. The fourth-order valence-corrected chi connectivity index (χ4v) is 5.23. The molecular formula is C21H18F3N5O3S. The van der Waals surface area contributed by atoms with Crippen LogP contribution in [0.3, 0.4) is 0 Å². The average Bonchev–Trinajstić information content (AvgIpc) is 3.55. The van der Waals surface area contributed by atoms with Crippen molar-refractivity contribution < 1.29 is 27.8 Å². The van der Waals surface area contributed by atoms with Crippen molar-refractivity contribution in [1.29, 1.82) is 0 Å². The largest absolute Gasteiger partial charge is 0.463 e. The van der Waals surface area contributed by atoms with E-state index in [2.05, 4.69) is 26.2 Å². The number of anilines is 1. The highest BCUT2D eigenvalue weighted by atomic mass is 32.2. The summed E-state index contributed by atoms with van der Waals surface area (Å²) in [5.41, 5.74) is 3.35. The Morgan fingerprint density at radius 1 is 1.39 bits per heavy atom. The van der Waals surface area contributed by atoms with Gasteiger partial charge in [-0.3, -0.25) is 4.79 Å². The summed E-state index contributed by atoms with van der Waals surface area (Å²) < 4.78 is 48.0. The van der Waals surface area contributed by atoms with E-state index in [9.17, 15) is 23.1 Å². The molecule has 8 nitrogen and oxygen atoms in total. The molecule has 0 bridgehead atoms. The van der Waals surface area contributed by atoms with E-state index in [0.29, 0.717) is 6.42 Å². The van der Waals surface area contributed by atoms with Gasteiger partial charge in [0.05, 0.1) is 23.7 Å². The van der Waals surface area contributed by atoms with Gasteiger partial charge in [0.25, 0.3) is 5.91 Å². The van der Waals surface area contributed by atoms with Gasteiger partial charge >= 0.3 is 0 Å². The number of aliphatic hydroxyl groups is 1. The molecule has 2 aromatic rings. The molecule has 4 rings (SSSR count). The number of terminal acetylenes is 1. The van der Waals surface area contributed by atoms with Crippen LogP contribution in [-0.2, 0) is 5.54 Å². The van der Waals surface area contributed by atoms with Gasteiger partial charge in [0.1, 0.15) is 17.9 Å². The Hall–Kier alpha value is -3.30. The van der Waals surface area contributed by atoms with Gasteiger partial charge in [-0.25, -0.2) is 28.1 Å². The summed E-state index contributed by atoms with van der Waals surface area (Å²) in [7, 11) is 0. The van der Waals surface area contributed by atoms with Crippen LogP contribution in [0.4, 0.5) is 18.9 Å². The van der Waals surface area contributed by atoms with Gasteiger partial charge in [-0.2, -0.15) is 0 Å². The van der Waals surface area contributed by atoms with Crippen molar-refractivity contribution in [3.8, 4) is 18.2 Å². The molecule has 3 atom stereocenters. The van der Waals surface area contributed by atoms with Crippen molar-refractivity contribution in [3.63, 3.8) is 0 Å². The minimum atomic E-state index is -1.82. The van der Waals surface area contributed by atoms with Crippen molar-refractivity contribution >= 4 is 28.5 Å². The maximum atomic E-state index is 14.9. The lowest BCUT2D eigenvalue weighted by Gasteiger charge is -2.34. The van der Waals surface area contributed by atoms with E-state index in [1.807, 2.05) is 0 Å². The number of halogens is 3. The van der Waals surface area contributed by atoms with Gasteiger partial charge in [-0.1, -0.05) is 17.7 Å². The summed E-state index contributed by atoms with van der Waals surface area (Å²) in [4.78, 5) is 24.4. The number of carbonyl (C=O) groups is 1. The number of fused-ring (bicyclic) bond motifs is 1. The number of thioether (sulfide) groups is 1. The van der Waals surface area contributed by atoms with Crippen LogP contribution in [0.15, 0.2) is 29.5 Å². The van der Waals surface area contributed by atoms with Crippen molar-refractivity contribution in [1.82, 2.24) is 9.97 Å². The lowest BCUT2D eigenvalue weighted by Crippen LogP contribution is -2.41. The molecular weight excluding hydrogens is 459 g/mol. The molecule has 0 radical (unpaired) electrons. The molecule has 0 unspecified atom stereocenters. The number of amidine groups is 1. The molecule has 1 fully saturated rings. The van der Waals surface area contributed by atoms with Gasteiger partial charge in [-0.05, 0) is 12.5 Å². The number of hydrogen-bond donors (Lipinski definition) is 3. The van der Waals surface area contributed by atoms with Gasteiger partial charge in [0.15, 0.2) is 23.4 Å². The Morgan fingerprint density at radius 2 is 2.18 bits per heavy atom. The van der Waals surface area contributed by atoms with E-state index in [1.165, 1.54) is 6.20 Å². The zero-order valence-electron chi connectivity index (χ0n) is 17.0. The normalized spacial score (nSPS) is 25.4. The van der Waals surface area contributed by atoms with Crippen molar-refractivity contribution in [3.05, 3.63) is 47.4 Å². The first kappa shape index (κ1) is 22.9. The summed E-state index contributed by atoms with van der Waals surface area (Å²) in [5, 5.41) is 12.1. The third kappa shape index (κ3) is 3.98. The van der Waals surface area contributed by atoms with Crippen LogP contribution in [0.25, 0.3) is 0 Å². The molecule has 1 saturated carbocycles. The van der Waals surface area contributed by atoms with E-state index in [1.54, 1.807) is 0 Å². The lowest BCUT2D eigenvalue weighted by atomic mass is 9.84. The van der Waals surface area contributed by atoms with Crippen molar-refractivity contribution in [2.24, 2.45) is 16.6 Å². The predicted octanol–water partition coefficient (Wildman–Crippen LogP) is 2.00. The number of ether oxygens (including phenoxy) is 1. The van der Waals surface area contributed by atoms with Gasteiger partial charge in [-0.15, -0.1) is 6.42 Å². The smallest absolute Gasteiger partial charge is 0.275 e. The lowest BCUT2D eigenvalue weighted by molar-refractivity contribution is 0.102. The first-order chi connectivity index (χ1) is 15.8. The van der Waals surface area contributed by atoms with Crippen LogP contribution in [-0.4, -0.2) is 50.8 Å². The minimum Gasteiger partial charge on any atom is -0.463 e. The zero-order chi connectivity index (χ0) is 23.8. The number of rotatable bonds is 7. The van der Waals surface area contributed by atoms with Gasteiger partial charge < -0.3 is 20.9 Å². The number of nitrogens with one attached hydrogen (secondary N) is 1. The first-order valence-corrected chi connectivity index (χ1v) is 10.5. The molecule has 1 aliphatic carbocycles. The highest BCUT2D eigenvalue weighted by molar-refractivity contribution is 8.15. The number of carbonyl (C=O) groups excluding carboxylic acids is 1. The van der Waals surface area contributed by atoms with E-state index in [0.717, 1.165) is 30.1 Å². The van der Waals surface area contributed by atoms with Gasteiger partial charge in [0.2, 0.25) is 5.88 Å². The van der Waals surface area contributed by atoms with Crippen LogP contribution in [0, 0.1) is 29.9 Å². The van der Waals surface area contributed by atoms with Crippen LogP contribution in [0.5, 0.6) is 5.88 Å². The van der Waals surface area contributed by atoms with E-state index >= 15 is 0 Å². The topological polar surface area (TPSA) is 123 Å². The van der Waals surface area contributed by atoms with Crippen LogP contribution >= 0.6 is 11.8 Å². The van der Waals surface area contributed by atoms with E-state index in [-0.39, 0.29) is 35.6 Å². The second kappa shape index (κ2) is 8.57. The predicted molar refractivity (Wildman–Crippen MR) is 115 cm³/mol. The monoisotopic (exact) mass is 477 g/mol. The van der Waals surface area contributed by atoms with Crippen LogP contribution < -0.4 is 15.8 Å². The molecule has 2 aliphatic rings. The zero-order valence-corrected chi connectivity index (χ0v) is 17.8. The highest BCUT2D eigenvalue weighted by Gasteiger charge is 2.68. The molecule has 1 aromatic carbocycles. The fraction of sp³-hybridized carbons (Fsp3) is 0.333. The highest BCUT2D eigenvalue weighted by Crippen LogP contribution is 2.66. The molecule has 1 aliphatic heterocycles. The van der Waals surface area contributed by atoms with Crippen molar-refractivity contribution in [2.75, 3.05) is 25.2 Å². The number of aliphatic imine (C=N–C) groups is 1. The molecule has 2 heterocycles. The molecule has 172 valence electrons. The van der Waals surface area contributed by atoms with E-state index in [4.69, 9.17) is 16.9 Å². The number of alkyl halides is 1. The Balaban J connectivity index is 1.65. The summed E-state index contributed by atoms with van der Waals surface area (Å²) >= 11 is 1.09. The summed E-state index contributed by atoms with van der Waals surface area (Å²) in [5.74, 6) is -1.61. The number of benzene rings is 1. The Morgan fingerprint density at radius 3 is 2.82 bits per heavy atom. The Labute approximate surface area is 190 Å². The Bertz CT molecular complexity index is 1170. The fourth-order valence-electron chi connectivity index (χ4n) is 3.95. The summed E-state index contributed by atoms with van der Waals surface area (Å²) in [6.45, 7) is -1.52. The SMILES string of the molecule is C#CCOc1cnc(C(=O)Nc2cc(F)c(F)c([C@@]3(CF)N=C(N)S[C@@]4(CO)C[C@H]43)c2)cn1. The van der Waals surface area contributed by atoms with Gasteiger partial charge in [0, 0.05) is 23.2 Å². The second-order valence-corrected chi connectivity index (χ2v) is 9.03. The summed E-state index contributed by atoms with van der Waals surface area (Å²) in [6.07, 6.45) is 7.71. The maximum Gasteiger partial charge on any atom is 0.275 e. The number of amides is 1. The van der Waals surface area contributed by atoms with Crippen LogP contribution in [0.1, 0.15) is 22.5 Å². The molecule has 1 aromatic heterocycles. The maximum absolute atomic E-state index is 14.9. The average molecular weight is 477 g/mol. The standard InChI is InChI=1S/C21H18F3N5O3S/c1-2-3-32-16-8-26-14(7-27-16)18(31)28-11-4-12(17(24)13(23)5-11)21(9-22)15-6-20(15,10-30)33-19(25)29-21/h1,4-5,7-8,15,30H,3,6,9-10H2,(H2,25,29)(H,28,31)/t15-,20-,21-/m1/s1. The number of hydrogen-bond acceptors (Lipinski definition) is 8. The number of nitrogens with zero attached hydrogens (tertiary/aromatic N) is 3. The number of aliphatic hydroxyl groups excluding tert-OH is 1. The molecule has 0 saturated heterocycles. The summed E-state index contributed by atoms with van der Waals surface area (Å²) in [6, 6.07) is 1.87. The molecule has 1 amide bonds. The molecule has 0 spiro atoms. The first-order valence-electron chi connectivity index (χ1n) is 9.69. The van der Waals surface area contributed by atoms with Crippen LogP contribution in [0.2, 0.25) is 0 Å². The molecule has 4 N–H and O–H groups in total. The number of nitrogens with two attached hydrogens (primary N) is 1. The second-order valence-electron chi connectivity index (χ2n) is 7.60. The third-order valence-electron chi connectivity index (χ3n) is 5.61. The van der Waals surface area contributed by atoms with Crippen molar-refractivity contribution in [2.45, 2.75) is 16.7 Å². The molecule has 33 heavy (non-hydrogen) atoms. The third-order valence-corrected chi connectivity index (χ3v) is 6.89. The van der Waals surface area contributed by atoms with E-state index < -0.39 is 46.0 Å². The molecule has 12 heteroatoms. The quantitative estimate of drug-likeness (QED) is 0.522. The number of aromatic nitrogens is 2.